The number of rotatable bonds is 4. The van der Waals surface area contributed by atoms with Gasteiger partial charge in [0.1, 0.15) is 0 Å². The number of ether oxygens (including phenoxy) is 1. The minimum atomic E-state index is -0.260. The fraction of sp³-hybridized carbons (Fsp3) is 0.438. The summed E-state index contributed by atoms with van der Waals surface area (Å²) in [7, 11) is 0. The zero-order valence-corrected chi connectivity index (χ0v) is 12.9. The first-order chi connectivity index (χ1) is 11.1. The highest BCUT2D eigenvalue weighted by Gasteiger charge is 2.29. The van der Waals surface area contributed by atoms with Gasteiger partial charge in [-0.05, 0) is 31.9 Å². The van der Waals surface area contributed by atoms with Gasteiger partial charge in [0.05, 0.1) is 17.9 Å². The van der Waals surface area contributed by atoms with E-state index in [-0.39, 0.29) is 24.4 Å². The van der Waals surface area contributed by atoms with Gasteiger partial charge >= 0.3 is 5.97 Å². The Kier molecular flexibility index (Phi) is 4.45. The summed E-state index contributed by atoms with van der Waals surface area (Å²) >= 11 is 0. The van der Waals surface area contributed by atoms with Crippen LogP contribution in [0, 0.1) is 12.8 Å². The highest BCUT2D eigenvalue weighted by atomic mass is 16.5. The van der Waals surface area contributed by atoms with Crippen molar-refractivity contribution in [3.8, 4) is 0 Å². The van der Waals surface area contributed by atoms with E-state index >= 15 is 0 Å². The van der Waals surface area contributed by atoms with Gasteiger partial charge in [-0.2, -0.15) is 0 Å². The van der Waals surface area contributed by atoms with Crippen LogP contribution in [0.1, 0.15) is 34.9 Å². The maximum absolute atomic E-state index is 12.1. The van der Waals surface area contributed by atoms with E-state index in [0.29, 0.717) is 37.5 Å². The van der Waals surface area contributed by atoms with Crippen LogP contribution in [0.15, 0.2) is 33.4 Å². The lowest BCUT2D eigenvalue weighted by atomic mass is 9.97. The van der Waals surface area contributed by atoms with E-state index in [1.54, 1.807) is 30.0 Å². The third-order valence-electron chi connectivity index (χ3n) is 3.88. The summed E-state index contributed by atoms with van der Waals surface area (Å²) in [6.07, 6.45) is 2.64. The van der Waals surface area contributed by atoms with E-state index in [2.05, 4.69) is 5.16 Å². The molecule has 7 nitrogen and oxygen atoms in total. The number of amides is 1. The number of carbonyl (C=O) groups excluding carboxylic acids is 2. The van der Waals surface area contributed by atoms with E-state index in [0.717, 1.165) is 5.69 Å². The van der Waals surface area contributed by atoms with Crippen LogP contribution in [0.2, 0.25) is 0 Å². The number of aromatic nitrogens is 1. The topological polar surface area (TPSA) is 85.8 Å². The second kappa shape index (κ2) is 6.68. The van der Waals surface area contributed by atoms with E-state index < -0.39 is 0 Å². The number of furan rings is 1. The maximum atomic E-state index is 12.1. The van der Waals surface area contributed by atoms with Gasteiger partial charge in [-0.15, -0.1) is 0 Å². The lowest BCUT2D eigenvalue weighted by Crippen LogP contribution is -2.40. The van der Waals surface area contributed by atoms with Crippen molar-refractivity contribution in [3.63, 3.8) is 0 Å². The number of likely N-dealkylation sites (tertiary alicyclic amines) is 1. The van der Waals surface area contributed by atoms with Gasteiger partial charge in [0, 0.05) is 19.2 Å². The molecule has 0 atom stereocenters. The Labute approximate surface area is 133 Å². The molecule has 3 rings (SSSR count). The van der Waals surface area contributed by atoms with Crippen LogP contribution in [0.3, 0.4) is 0 Å². The van der Waals surface area contributed by atoms with Crippen LogP contribution in [0.25, 0.3) is 0 Å². The predicted molar refractivity (Wildman–Crippen MR) is 78.4 cm³/mol. The molecule has 1 fully saturated rings. The number of piperidine rings is 1. The van der Waals surface area contributed by atoms with Crippen molar-refractivity contribution in [2.45, 2.75) is 26.4 Å². The van der Waals surface area contributed by atoms with E-state index in [4.69, 9.17) is 13.7 Å². The summed E-state index contributed by atoms with van der Waals surface area (Å²) in [5.74, 6) is 0.260. The Hall–Kier alpha value is -2.57. The summed E-state index contributed by atoms with van der Waals surface area (Å²) < 4.78 is 15.4. The van der Waals surface area contributed by atoms with Gasteiger partial charge in [0.25, 0.3) is 5.91 Å². The number of hydrogen-bond acceptors (Lipinski definition) is 6. The lowest BCUT2D eigenvalue weighted by Gasteiger charge is -2.30. The van der Waals surface area contributed by atoms with Crippen molar-refractivity contribution in [2.75, 3.05) is 13.1 Å². The lowest BCUT2D eigenvalue weighted by molar-refractivity contribution is -0.152. The minimum absolute atomic E-state index is 0.0885. The fourth-order valence-corrected chi connectivity index (χ4v) is 2.62. The molecule has 0 aliphatic carbocycles. The summed E-state index contributed by atoms with van der Waals surface area (Å²) in [5.41, 5.74) is 0.751. The summed E-state index contributed by atoms with van der Waals surface area (Å²) in [5, 5.41) is 3.74. The molecule has 0 bridgehead atoms. The highest BCUT2D eigenvalue weighted by Crippen LogP contribution is 2.21. The Morgan fingerprint density at radius 3 is 2.78 bits per heavy atom. The van der Waals surface area contributed by atoms with Crippen molar-refractivity contribution in [1.82, 2.24) is 10.1 Å². The van der Waals surface area contributed by atoms with Gasteiger partial charge in [-0.1, -0.05) is 5.16 Å². The van der Waals surface area contributed by atoms with Crippen LogP contribution in [-0.2, 0) is 16.1 Å². The van der Waals surface area contributed by atoms with Crippen LogP contribution in [0.4, 0.5) is 0 Å². The zero-order valence-electron chi connectivity index (χ0n) is 12.9. The standard InChI is InChI=1S/C16H18N2O5/c1-11-9-13(23-17-11)10-22-16(20)12-4-6-18(7-5-12)15(19)14-3-2-8-21-14/h2-3,8-9,12H,4-7,10H2,1H3. The molecule has 1 aliphatic rings. The van der Waals surface area contributed by atoms with E-state index in [1.807, 2.05) is 0 Å². The summed E-state index contributed by atoms with van der Waals surface area (Å²) in [6.45, 7) is 2.92. The Balaban J connectivity index is 1.46. The smallest absolute Gasteiger partial charge is 0.309 e. The average molecular weight is 318 g/mol. The van der Waals surface area contributed by atoms with E-state index in [9.17, 15) is 9.59 Å². The molecule has 23 heavy (non-hydrogen) atoms. The molecule has 1 amide bonds. The van der Waals surface area contributed by atoms with Gasteiger partial charge in [-0.25, -0.2) is 0 Å². The predicted octanol–water partition coefficient (Wildman–Crippen LogP) is 2.17. The fourth-order valence-electron chi connectivity index (χ4n) is 2.62. The summed E-state index contributed by atoms with van der Waals surface area (Å²) in [6, 6.07) is 5.06. The van der Waals surface area contributed by atoms with Crippen molar-refractivity contribution in [2.24, 2.45) is 5.92 Å². The first-order valence-corrected chi connectivity index (χ1v) is 7.55. The van der Waals surface area contributed by atoms with Crippen LogP contribution in [0.5, 0.6) is 0 Å². The number of esters is 1. The summed E-state index contributed by atoms with van der Waals surface area (Å²) in [4.78, 5) is 25.9. The number of nitrogens with zero attached hydrogens (tertiary/aromatic N) is 2. The third kappa shape index (κ3) is 3.61. The zero-order chi connectivity index (χ0) is 16.2. The maximum Gasteiger partial charge on any atom is 0.309 e. The second-order valence-corrected chi connectivity index (χ2v) is 5.59. The Morgan fingerprint density at radius 1 is 1.39 bits per heavy atom. The molecule has 1 saturated heterocycles. The number of carbonyl (C=O) groups is 2. The molecular formula is C16H18N2O5. The highest BCUT2D eigenvalue weighted by molar-refractivity contribution is 5.91. The Morgan fingerprint density at radius 2 is 2.17 bits per heavy atom. The SMILES string of the molecule is Cc1cc(COC(=O)C2CCN(C(=O)c3ccco3)CC2)on1. The molecule has 0 unspecified atom stereocenters. The van der Waals surface area contributed by atoms with Gasteiger partial charge in [0.2, 0.25) is 0 Å². The molecule has 3 heterocycles. The molecule has 0 radical (unpaired) electrons. The number of hydrogen-bond donors (Lipinski definition) is 0. The molecule has 2 aromatic heterocycles. The molecule has 7 heteroatoms. The molecule has 0 saturated carbocycles. The normalized spacial score (nSPS) is 15.6. The van der Waals surface area contributed by atoms with Crippen LogP contribution < -0.4 is 0 Å². The molecule has 1 aliphatic heterocycles. The van der Waals surface area contributed by atoms with Gasteiger partial charge < -0.3 is 18.6 Å². The Bertz CT molecular complexity index is 668. The molecule has 122 valence electrons. The molecule has 0 spiro atoms. The largest absolute Gasteiger partial charge is 0.459 e. The molecule has 0 N–H and O–H groups in total. The van der Waals surface area contributed by atoms with Crippen molar-refractivity contribution >= 4 is 11.9 Å². The third-order valence-corrected chi connectivity index (χ3v) is 3.88. The van der Waals surface area contributed by atoms with Crippen molar-refractivity contribution in [3.05, 3.63) is 41.7 Å². The van der Waals surface area contributed by atoms with Gasteiger partial charge in [0.15, 0.2) is 18.1 Å². The first-order valence-electron chi connectivity index (χ1n) is 7.55. The van der Waals surface area contributed by atoms with Crippen LogP contribution in [-0.4, -0.2) is 35.0 Å². The second-order valence-electron chi connectivity index (χ2n) is 5.59. The monoisotopic (exact) mass is 318 g/mol. The van der Waals surface area contributed by atoms with Crippen LogP contribution >= 0.6 is 0 Å². The first kappa shape index (κ1) is 15.3. The van der Waals surface area contributed by atoms with Crippen molar-refractivity contribution in [1.29, 1.82) is 0 Å². The minimum Gasteiger partial charge on any atom is -0.459 e. The quantitative estimate of drug-likeness (QED) is 0.803. The average Bonchev–Trinajstić information content (AvgIpc) is 3.24. The van der Waals surface area contributed by atoms with E-state index in [1.165, 1.54) is 6.26 Å². The molecule has 0 aromatic carbocycles. The molecule has 2 aromatic rings. The molecular weight excluding hydrogens is 300 g/mol. The van der Waals surface area contributed by atoms with Crippen molar-refractivity contribution < 1.29 is 23.3 Å². The van der Waals surface area contributed by atoms with Gasteiger partial charge in [-0.3, -0.25) is 9.59 Å². The number of aryl methyl sites for hydroxylation is 1.